The van der Waals surface area contributed by atoms with Crippen molar-refractivity contribution < 1.29 is 17.9 Å². The SMILES string of the molecule is COc1ccc(-c2cc(C(F)(F)F)n3nc(C(C)(C)C)cc3n2)cc1. The van der Waals surface area contributed by atoms with Crippen LogP contribution in [0, 0.1) is 0 Å². The van der Waals surface area contributed by atoms with Crippen molar-refractivity contribution in [1.82, 2.24) is 14.6 Å². The zero-order valence-electron chi connectivity index (χ0n) is 14.3. The van der Waals surface area contributed by atoms with Gasteiger partial charge in [-0.25, -0.2) is 9.50 Å². The Morgan fingerprint density at radius 1 is 1.00 bits per heavy atom. The first kappa shape index (κ1) is 17.3. The Balaban J connectivity index is 2.23. The maximum absolute atomic E-state index is 13.5. The lowest BCUT2D eigenvalue weighted by Gasteiger charge is -2.14. The Bertz CT molecular complexity index is 906. The van der Waals surface area contributed by atoms with E-state index in [1.807, 2.05) is 20.8 Å². The number of hydrogen-bond acceptors (Lipinski definition) is 3. The minimum absolute atomic E-state index is 0.172. The highest BCUT2D eigenvalue weighted by atomic mass is 19.4. The number of halogens is 3. The molecule has 0 aliphatic rings. The molecule has 0 saturated carbocycles. The molecule has 0 radical (unpaired) electrons. The van der Waals surface area contributed by atoms with Crippen LogP contribution in [0.4, 0.5) is 13.2 Å². The van der Waals surface area contributed by atoms with Crippen molar-refractivity contribution in [1.29, 1.82) is 0 Å². The lowest BCUT2D eigenvalue weighted by molar-refractivity contribution is -0.142. The second-order valence-electron chi connectivity index (χ2n) is 6.80. The van der Waals surface area contributed by atoms with Crippen molar-refractivity contribution in [2.45, 2.75) is 32.4 Å². The number of ether oxygens (including phenoxy) is 1. The van der Waals surface area contributed by atoms with E-state index in [1.54, 1.807) is 30.3 Å². The van der Waals surface area contributed by atoms with E-state index in [-0.39, 0.29) is 16.8 Å². The fraction of sp³-hybridized carbons (Fsp3) is 0.333. The van der Waals surface area contributed by atoms with Gasteiger partial charge >= 0.3 is 6.18 Å². The van der Waals surface area contributed by atoms with Crippen LogP contribution >= 0.6 is 0 Å². The van der Waals surface area contributed by atoms with Gasteiger partial charge in [-0.3, -0.25) is 0 Å². The summed E-state index contributed by atoms with van der Waals surface area (Å²) in [6.07, 6.45) is -4.54. The van der Waals surface area contributed by atoms with E-state index in [1.165, 1.54) is 7.11 Å². The monoisotopic (exact) mass is 349 g/mol. The molecule has 0 aliphatic heterocycles. The van der Waals surface area contributed by atoms with Crippen LogP contribution in [-0.2, 0) is 11.6 Å². The van der Waals surface area contributed by atoms with Crippen molar-refractivity contribution in [3.05, 3.63) is 47.8 Å². The molecule has 0 spiro atoms. The molecule has 3 aromatic rings. The quantitative estimate of drug-likeness (QED) is 0.672. The number of alkyl halides is 3. The molecule has 1 aromatic carbocycles. The van der Waals surface area contributed by atoms with Gasteiger partial charge in [-0.05, 0) is 30.3 Å². The van der Waals surface area contributed by atoms with Crippen LogP contribution in [0.1, 0.15) is 32.2 Å². The zero-order valence-corrected chi connectivity index (χ0v) is 14.3. The van der Waals surface area contributed by atoms with Crippen LogP contribution in [0.25, 0.3) is 16.9 Å². The summed E-state index contributed by atoms with van der Waals surface area (Å²) in [7, 11) is 1.53. The van der Waals surface area contributed by atoms with Gasteiger partial charge in [0.05, 0.1) is 18.5 Å². The van der Waals surface area contributed by atoms with Crippen molar-refractivity contribution in [3.8, 4) is 17.0 Å². The first-order chi connectivity index (χ1) is 11.6. The number of benzene rings is 1. The van der Waals surface area contributed by atoms with Crippen molar-refractivity contribution >= 4 is 5.65 Å². The van der Waals surface area contributed by atoms with Crippen LogP contribution in [0.3, 0.4) is 0 Å². The predicted octanol–water partition coefficient (Wildman–Crippen LogP) is 4.72. The fourth-order valence-corrected chi connectivity index (χ4v) is 2.45. The Labute approximate surface area is 143 Å². The van der Waals surface area contributed by atoms with Gasteiger partial charge in [0.2, 0.25) is 0 Å². The van der Waals surface area contributed by atoms with E-state index in [0.29, 0.717) is 17.0 Å². The highest BCUT2D eigenvalue weighted by molar-refractivity contribution is 5.63. The van der Waals surface area contributed by atoms with Gasteiger partial charge in [-0.2, -0.15) is 18.3 Å². The molecular formula is C18H18F3N3O. The first-order valence-corrected chi connectivity index (χ1v) is 7.72. The summed E-state index contributed by atoms with van der Waals surface area (Å²) < 4.78 is 46.5. The lowest BCUT2D eigenvalue weighted by Crippen LogP contribution is -2.15. The van der Waals surface area contributed by atoms with Crippen LogP contribution in [0.2, 0.25) is 0 Å². The van der Waals surface area contributed by atoms with E-state index < -0.39 is 11.9 Å². The number of methoxy groups -OCH3 is 1. The standard InChI is InChI=1S/C18H18F3N3O/c1-17(2,3)14-10-16-22-13(11-5-7-12(25-4)8-6-11)9-15(18(19,20)21)24(16)23-14/h5-10H,1-4H3. The normalized spacial score (nSPS) is 12.6. The topological polar surface area (TPSA) is 39.4 Å². The van der Waals surface area contributed by atoms with Crippen molar-refractivity contribution in [2.24, 2.45) is 0 Å². The van der Waals surface area contributed by atoms with E-state index in [2.05, 4.69) is 10.1 Å². The number of hydrogen-bond donors (Lipinski definition) is 0. The molecule has 0 amide bonds. The number of aromatic nitrogens is 3. The molecule has 0 fully saturated rings. The largest absolute Gasteiger partial charge is 0.497 e. The molecule has 0 N–H and O–H groups in total. The Morgan fingerprint density at radius 3 is 2.16 bits per heavy atom. The van der Waals surface area contributed by atoms with E-state index in [9.17, 15) is 13.2 Å². The van der Waals surface area contributed by atoms with Crippen molar-refractivity contribution in [3.63, 3.8) is 0 Å². The average Bonchev–Trinajstić information content (AvgIpc) is 2.97. The number of nitrogens with zero attached hydrogens (tertiary/aromatic N) is 3. The molecule has 2 heterocycles. The average molecular weight is 349 g/mol. The van der Waals surface area contributed by atoms with Crippen molar-refractivity contribution in [2.75, 3.05) is 7.11 Å². The third-order valence-electron chi connectivity index (χ3n) is 3.87. The summed E-state index contributed by atoms with van der Waals surface area (Å²) in [6.45, 7) is 5.69. The minimum atomic E-state index is -4.54. The van der Waals surface area contributed by atoms with Gasteiger partial charge < -0.3 is 4.74 Å². The third-order valence-corrected chi connectivity index (χ3v) is 3.87. The lowest BCUT2D eigenvalue weighted by atomic mass is 9.93. The molecule has 25 heavy (non-hydrogen) atoms. The van der Waals surface area contributed by atoms with Gasteiger partial charge in [-0.15, -0.1) is 0 Å². The van der Waals surface area contributed by atoms with E-state index in [0.717, 1.165) is 10.6 Å². The smallest absolute Gasteiger partial charge is 0.433 e. The second-order valence-corrected chi connectivity index (χ2v) is 6.80. The molecule has 4 nitrogen and oxygen atoms in total. The summed E-state index contributed by atoms with van der Waals surface area (Å²) in [6, 6.07) is 9.35. The molecule has 0 bridgehead atoms. The Morgan fingerprint density at radius 2 is 1.64 bits per heavy atom. The Hall–Kier alpha value is -2.57. The number of fused-ring (bicyclic) bond motifs is 1. The molecule has 132 valence electrons. The van der Waals surface area contributed by atoms with Crippen LogP contribution in [0.5, 0.6) is 5.75 Å². The molecular weight excluding hydrogens is 331 g/mol. The van der Waals surface area contributed by atoms with Crippen LogP contribution < -0.4 is 4.74 Å². The van der Waals surface area contributed by atoms with Crippen LogP contribution in [-0.4, -0.2) is 21.7 Å². The van der Waals surface area contributed by atoms with E-state index in [4.69, 9.17) is 4.74 Å². The molecule has 0 saturated heterocycles. The van der Waals surface area contributed by atoms with Gasteiger partial charge in [-0.1, -0.05) is 20.8 Å². The predicted molar refractivity (Wildman–Crippen MR) is 88.7 cm³/mol. The van der Waals surface area contributed by atoms with Gasteiger partial charge in [0, 0.05) is 17.0 Å². The maximum Gasteiger partial charge on any atom is 0.433 e. The molecule has 7 heteroatoms. The second kappa shape index (κ2) is 5.75. The first-order valence-electron chi connectivity index (χ1n) is 7.72. The highest BCUT2D eigenvalue weighted by Crippen LogP contribution is 2.33. The van der Waals surface area contributed by atoms with Gasteiger partial charge in [0.15, 0.2) is 11.3 Å². The fourth-order valence-electron chi connectivity index (χ4n) is 2.45. The minimum Gasteiger partial charge on any atom is -0.497 e. The van der Waals surface area contributed by atoms with E-state index >= 15 is 0 Å². The summed E-state index contributed by atoms with van der Waals surface area (Å²) in [4.78, 5) is 4.37. The summed E-state index contributed by atoms with van der Waals surface area (Å²) in [5.41, 5.74) is 0.313. The molecule has 0 atom stereocenters. The molecule has 0 aliphatic carbocycles. The molecule has 0 unspecified atom stereocenters. The summed E-state index contributed by atoms with van der Waals surface area (Å²) in [5, 5.41) is 4.13. The third kappa shape index (κ3) is 3.31. The Kier molecular flexibility index (Phi) is 3.97. The summed E-state index contributed by atoms with van der Waals surface area (Å²) >= 11 is 0. The highest BCUT2D eigenvalue weighted by Gasteiger charge is 2.36. The van der Waals surface area contributed by atoms with Gasteiger partial charge in [0.25, 0.3) is 0 Å². The zero-order chi connectivity index (χ0) is 18.4. The maximum atomic E-state index is 13.5. The van der Waals surface area contributed by atoms with Gasteiger partial charge in [0.1, 0.15) is 5.75 Å². The molecule has 2 aromatic heterocycles. The summed E-state index contributed by atoms with van der Waals surface area (Å²) in [5.74, 6) is 0.625. The van der Waals surface area contributed by atoms with Crippen LogP contribution in [0.15, 0.2) is 36.4 Å². The molecule has 3 rings (SSSR count). The number of rotatable bonds is 2.